The second-order valence-electron chi connectivity index (χ2n) is 10.5. The molecule has 9 heteroatoms. The van der Waals surface area contributed by atoms with Crippen LogP contribution in [0.3, 0.4) is 0 Å². The van der Waals surface area contributed by atoms with E-state index in [-0.39, 0.29) is 14.9 Å². The Balaban J connectivity index is 0.000000196. The molecule has 6 aromatic rings. The third-order valence-corrected chi connectivity index (χ3v) is 9.10. The van der Waals surface area contributed by atoms with Gasteiger partial charge in [-0.05, 0) is 95.9 Å². The first-order valence-electron chi connectivity index (χ1n) is 13.9. The van der Waals surface area contributed by atoms with Gasteiger partial charge in [-0.1, -0.05) is 74.6 Å². The molecule has 5 nitrogen and oxygen atoms in total. The molecule has 0 saturated carbocycles. The van der Waals surface area contributed by atoms with Gasteiger partial charge in [0.1, 0.15) is 0 Å². The normalized spacial score (nSPS) is 14.5. The smallest absolute Gasteiger partial charge is 0.181 e. The van der Waals surface area contributed by atoms with Crippen molar-refractivity contribution in [1.82, 2.24) is 15.3 Å². The van der Waals surface area contributed by atoms with Crippen LogP contribution in [0.1, 0.15) is 42.8 Å². The van der Waals surface area contributed by atoms with E-state index >= 15 is 0 Å². The summed E-state index contributed by atoms with van der Waals surface area (Å²) in [6.45, 7) is 1.39. The van der Waals surface area contributed by atoms with Crippen molar-refractivity contribution >= 4 is 83.1 Å². The molecular weight excluding hydrogens is 723 g/mol. The van der Waals surface area contributed by atoms with Crippen molar-refractivity contribution in [2.75, 3.05) is 13.1 Å². The summed E-state index contributed by atoms with van der Waals surface area (Å²) in [6, 6.07) is 28.0. The molecule has 1 atom stereocenters. The highest BCUT2D eigenvalue weighted by Crippen LogP contribution is 2.35. The first-order valence-corrected chi connectivity index (χ1v) is 16.3. The SMILES string of the molecule is C.Clc1ccc([C@@H]2NCCc3c2[nH]c2ccc(Br)cc32)cc1.[2HH].[O-]/[N+](=C\c1ccc(Cl)cc1)CCc1c[nH]c2ccc(Br)cc12. The lowest BCUT2D eigenvalue weighted by Crippen LogP contribution is -2.30. The van der Waals surface area contributed by atoms with E-state index in [9.17, 15) is 5.21 Å². The standard InChI is InChI=1S/C17H14BrClN2O.C17H14BrClN2.CH4.H2/c18-14-3-6-17-16(9-14)13(10-20-17)7-8-21(22)11-12-1-4-15(19)5-2-12;18-11-3-6-15-14(9-11)13-7-8-20-16(17(13)21-15)10-1-4-12(19)5-2-10;;/h1-6,9-11,20H,7-8H2;1-6,9,16,20-21H,7-8H2;1H4;1H/b21-11-;;;/t;16-;;/m.0../s1/i;;;1+1. The highest BCUT2D eigenvalue weighted by atomic mass is 79.9. The van der Waals surface area contributed by atoms with E-state index in [1.807, 2.05) is 42.6 Å². The number of halogens is 4. The third-order valence-electron chi connectivity index (χ3n) is 7.61. The summed E-state index contributed by atoms with van der Waals surface area (Å²) in [4.78, 5) is 6.82. The molecule has 0 fully saturated rings. The third kappa shape index (κ3) is 7.41. The molecule has 3 heterocycles. The quantitative estimate of drug-likeness (QED) is 0.0709. The van der Waals surface area contributed by atoms with Crippen molar-refractivity contribution in [3.63, 3.8) is 0 Å². The maximum atomic E-state index is 12.0. The lowest BCUT2D eigenvalue weighted by Gasteiger charge is -2.24. The zero-order valence-corrected chi connectivity index (χ0v) is 27.7. The predicted molar refractivity (Wildman–Crippen MR) is 195 cm³/mol. The summed E-state index contributed by atoms with van der Waals surface area (Å²) in [7, 11) is 0. The number of aromatic nitrogens is 2. The number of hydrogen-bond donors (Lipinski definition) is 3. The van der Waals surface area contributed by atoms with Crippen molar-refractivity contribution in [2.24, 2.45) is 0 Å². The Kier molecular flexibility index (Phi) is 10.5. The monoisotopic (exact) mass is 755 g/mol. The number of hydroxylamine groups is 1. The van der Waals surface area contributed by atoms with E-state index < -0.39 is 0 Å². The van der Waals surface area contributed by atoms with Crippen LogP contribution in [0.15, 0.2) is 100 Å². The predicted octanol–water partition coefficient (Wildman–Crippen LogP) is 10.5. The van der Waals surface area contributed by atoms with Crippen LogP contribution in [-0.4, -0.2) is 34.0 Å². The second-order valence-corrected chi connectivity index (χ2v) is 13.2. The molecule has 0 radical (unpaired) electrons. The average Bonchev–Trinajstić information content (AvgIpc) is 3.58. The molecule has 44 heavy (non-hydrogen) atoms. The topological polar surface area (TPSA) is 69.7 Å². The second kappa shape index (κ2) is 14.4. The zero-order valence-electron chi connectivity index (χ0n) is 23.0. The van der Waals surface area contributed by atoms with Gasteiger partial charge in [-0.3, -0.25) is 0 Å². The van der Waals surface area contributed by atoms with Crippen LogP contribution >= 0.6 is 55.1 Å². The maximum Gasteiger partial charge on any atom is 0.181 e. The first kappa shape index (κ1) is 32.3. The summed E-state index contributed by atoms with van der Waals surface area (Å²) in [6.07, 6.45) is 5.29. The lowest BCUT2D eigenvalue weighted by atomic mass is 9.94. The highest BCUT2D eigenvalue weighted by Gasteiger charge is 2.25. The van der Waals surface area contributed by atoms with Crippen molar-refractivity contribution < 1.29 is 6.17 Å². The minimum Gasteiger partial charge on any atom is -0.624 e. The van der Waals surface area contributed by atoms with Crippen LogP contribution in [0.2, 0.25) is 10.0 Å². The van der Waals surface area contributed by atoms with Gasteiger partial charge in [0, 0.05) is 72.6 Å². The van der Waals surface area contributed by atoms with Crippen molar-refractivity contribution in [2.45, 2.75) is 26.3 Å². The number of nitrogens with one attached hydrogen (secondary N) is 3. The number of fused-ring (bicyclic) bond motifs is 4. The van der Waals surface area contributed by atoms with E-state index in [0.29, 0.717) is 18.0 Å². The van der Waals surface area contributed by atoms with Gasteiger partial charge in [-0.2, -0.15) is 0 Å². The molecule has 1 aliphatic rings. The fraction of sp³-hybridized carbons (Fsp3) is 0.171. The number of benzene rings is 4. The molecule has 1 aliphatic heterocycles. The van der Waals surface area contributed by atoms with Gasteiger partial charge >= 0.3 is 0 Å². The van der Waals surface area contributed by atoms with E-state index in [1.165, 1.54) is 27.7 Å². The Morgan fingerprint density at radius 1 is 0.864 bits per heavy atom. The van der Waals surface area contributed by atoms with Crippen LogP contribution < -0.4 is 5.32 Å². The molecule has 3 N–H and O–H groups in total. The lowest BCUT2D eigenvalue weighted by molar-refractivity contribution is -0.451. The van der Waals surface area contributed by atoms with E-state index in [2.05, 4.69) is 83.5 Å². The van der Waals surface area contributed by atoms with Crippen LogP contribution in [0.25, 0.3) is 21.8 Å². The van der Waals surface area contributed by atoms with E-state index in [0.717, 1.165) is 53.7 Å². The van der Waals surface area contributed by atoms with Crippen molar-refractivity contribution in [3.8, 4) is 0 Å². The molecule has 0 unspecified atom stereocenters. The Bertz CT molecular complexity index is 1920. The number of rotatable bonds is 5. The summed E-state index contributed by atoms with van der Waals surface area (Å²) in [5.41, 5.74) is 8.21. The highest BCUT2D eigenvalue weighted by molar-refractivity contribution is 9.10. The Morgan fingerprint density at radius 2 is 1.50 bits per heavy atom. The van der Waals surface area contributed by atoms with Gasteiger partial charge in [-0.25, -0.2) is 4.74 Å². The molecule has 4 aromatic carbocycles. The molecular formula is C35H34Br2Cl2N4O. The fourth-order valence-corrected chi connectivity index (χ4v) is 6.48. The summed E-state index contributed by atoms with van der Waals surface area (Å²) in [5.74, 6) is 0. The molecule has 2 aromatic heterocycles. The van der Waals surface area contributed by atoms with Gasteiger partial charge in [0.05, 0.1) is 6.04 Å². The Morgan fingerprint density at radius 3 is 2.20 bits per heavy atom. The minimum absolute atomic E-state index is 0. The number of hydrogen-bond acceptors (Lipinski definition) is 2. The van der Waals surface area contributed by atoms with Crippen LogP contribution in [0.4, 0.5) is 0 Å². The Labute approximate surface area is 285 Å². The maximum absolute atomic E-state index is 12.0. The van der Waals surface area contributed by atoms with Gasteiger partial charge in [0.15, 0.2) is 12.8 Å². The molecule has 0 bridgehead atoms. The summed E-state index contributed by atoms with van der Waals surface area (Å²) in [5, 5.41) is 19.5. The zero-order chi connectivity index (χ0) is 29.9. The van der Waals surface area contributed by atoms with E-state index in [4.69, 9.17) is 23.2 Å². The molecule has 0 saturated heterocycles. The largest absolute Gasteiger partial charge is 0.624 e. The van der Waals surface area contributed by atoms with Crippen molar-refractivity contribution in [3.05, 3.63) is 143 Å². The molecule has 0 aliphatic carbocycles. The summed E-state index contributed by atoms with van der Waals surface area (Å²) < 4.78 is 3.12. The van der Waals surface area contributed by atoms with Crippen LogP contribution in [-0.2, 0) is 12.8 Å². The van der Waals surface area contributed by atoms with Gasteiger partial charge in [0.2, 0.25) is 0 Å². The van der Waals surface area contributed by atoms with Crippen LogP contribution in [0, 0.1) is 5.21 Å². The van der Waals surface area contributed by atoms with Crippen molar-refractivity contribution in [1.29, 1.82) is 0 Å². The number of aromatic amines is 2. The van der Waals surface area contributed by atoms with Gasteiger partial charge in [0.25, 0.3) is 0 Å². The minimum atomic E-state index is 0. The number of nitrogens with zero attached hydrogens (tertiary/aromatic N) is 1. The van der Waals surface area contributed by atoms with Gasteiger partial charge in [-0.15, -0.1) is 0 Å². The summed E-state index contributed by atoms with van der Waals surface area (Å²) >= 11 is 18.9. The average molecular weight is 758 g/mol. The van der Waals surface area contributed by atoms with Crippen LogP contribution in [0.5, 0.6) is 0 Å². The van der Waals surface area contributed by atoms with Gasteiger partial charge < -0.3 is 20.5 Å². The fourth-order valence-electron chi connectivity index (χ4n) is 5.51. The van der Waals surface area contributed by atoms with E-state index in [1.54, 1.807) is 18.3 Å². The first-order chi connectivity index (χ1) is 20.8. The number of H-pyrrole nitrogens is 2. The molecule has 0 spiro atoms. The molecule has 0 amide bonds. The molecule has 228 valence electrons. The Hall–Kier alpha value is -3.07. The molecule has 7 rings (SSSR count).